The van der Waals surface area contributed by atoms with Gasteiger partial charge in [0.1, 0.15) is 0 Å². The first-order chi connectivity index (χ1) is 11.9. The summed E-state index contributed by atoms with van der Waals surface area (Å²) in [6, 6.07) is 10.5. The van der Waals surface area contributed by atoms with Gasteiger partial charge in [-0.3, -0.25) is 4.79 Å². The fraction of sp³-hybridized carbons (Fsp3) is 0.682. The molecule has 0 aliphatic carbocycles. The average Bonchev–Trinajstić information content (AvgIpc) is 2.96. The van der Waals surface area contributed by atoms with Crippen LogP contribution in [0.1, 0.15) is 66.0 Å². The zero-order valence-electron chi connectivity index (χ0n) is 17.9. The highest BCUT2D eigenvalue weighted by Gasteiger charge is 2.45. The molecule has 146 valence electrons. The molecule has 3 nitrogen and oxygen atoms in total. The van der Waals surface area contributed by atoms with Gasteiger partial charge < -0.3 is 9.33 Å². The first-order valence-corrected chi connectivity index (χ1v) is 12.8. The molecule has 0 radical (unpaired) electrons. The Morgan fingerprint density at radius 3 is 2.23 bits per heavy atom. The summed E-state index contributed by atoms with van der Waals surface area (Å²) in [5.41, 5.74) is 0.882. The van der Waals surface area contributed by atoms with Crippen LogP contribution in [-0.4, -0.2) is 31.8 Å². The van der Waals surface area contributed by atoms with E-state index >= 15 is 0 Å². The number of amides is 1. The number of hydrogen-bond donors (Lipinski definition) is 0. The van der Waals surface area contributed by atoms with Gasteiger partial charge in [-0.1, -0.05) is 71.9 Å². The van der Waals surface area contributed by atoms with Gasteiger partial charge in [0.05, 0.1) is 12.1 Å². The number of carbonyl (C=O) groups excluding carboxylic acids is 1. The molecule has 1 saturated heterocycles. The van der Waals surface area contributed by atoms with Crippen LogP contribution in [0.4, 0.5) is 0 Å². The second kappa shape index (κ2) is 7.47. The minimum atomic E-state index is -1.86. The molecule has 1 heterocycles. The van der Waals surface area contributed by atoms with Crippen molar-refractivity contribution in [2.24, 2.45) is 5.41 Å². The molecule has 1 unspecified atom stereocenters. The van der Waals surface area contributed by atoms with Crippen molar-refractivity contribution >= 4 is 14.2 Å². The predicted octanol–water partition coefficient (Wildman–Crippen LogP) is 5.79. The maximum absolute atomic E-state index is 13.3. The normalized spacial score (nSPS) is 21.9. The highest BCUT2D eigenvalue weighted by molar-refractivity contribution is 6.74. The summed E-state index contributed by atoms with van der Waals surface area (Å²) in [6.45, 7) is 18.3. The summed E-state index contributed by atoms with van der Waals surface area (Å²) >= 11 is 0. The van der Waals surface area contributed by atoms with Crippen LogP contribution >= 0.6 is 0 Å². The molecule has 1 aromatic carbocycles. The molecule has 1 aromatic rings. The second-order valence-corrected chi connectivity index (χ2v) is 14.6. The standard InChI is InChI=1S/C22H37NO2Si/c1-9-22(5,6)20(24)23-16-18(25-26(7,8)21(2,3)4)15-19(23)17-13-11-10-12-14-17/h10-14,18-19H,9,15-16H2,1-8H3/t18-,19?/m0/s1. The van der Waals surface area contributed by atoms with Gasteiger partial charge in [-0.25, -0.2) is 0 Å². The fourth-order valence-electron chi connectivity index (χ4n) is 3.23. The van der Waals surface area contributed by atoms with Crippen molar-refractivity contribution in [3.05, 3.63) is 35.9 Å². The van der Waals surface area contributed by atoms with Crippen LogP contribution in [0.3, 0.4) is 0 Å². The smallest absolute Gasteiger partial charge is 0.228 e. The topological polar surface area (TPSA) is 29.5 Å². The Bertz CT molecular complexity index is 619. The quantitative estimate of drug-likeness (QED) is 0.610. The lowest BCUT2D eigenvalue weighted by Gasteiger charge is -2.38. The van der Waals surface area contributed by atoms with Gasteiger partial charge in [-0.15, -0.1) is 0 Å². The minimum absolute atomic E-state index is 0.115. The number of benzene rings is 1. The second-order valence-electron chi connectivity index (χ2n) is 9.86. The fourth-order valence-corrected chi connectivity index (χ4v) is 4.59. The zero-order chi connectivity index (χ0) is 19.8. The largest absolute Gasteiger partial charge is 0.412 e. The molecule has 1 aliphatic heterocycles. The van der Waals surface area contributed by atoms with Crippen molar-refractivity contribution in [3.63, 3.8) is 0 Å². The molecule has 26 heavy (non-hydrogen) atoms. The van der Waals surface area contributed by atoms with Crippen molar-refractivity contribution in [2.45, 2.75) is 84.7 Å². The van der Waals surface area contributed by atoms with Crippen LogP contribution < -0.4 is 0 Å². The Labute approximate surface area is 161 Å². The molecular weight excluding hydrogens is 338 g/mol. The van der Waals surface area contributed by atoms with E-state index in [1.807, 2.05) is 6.07 Å². The molecule has 2 rings (SSSR count). The SMILES string of the molecule is CCC(C)(C)C(=O)N1C[C@@H](O[Si](C)(C)C(C)(C)C)CC1c1ccccc1. The van der Waals surface area contributed by atoms with Gasteiger partial charge in [0.2, 0.25) is 5.91 Å². The molecule has 2 atom stereocenters. The number of nitrogens with zero attached hydrogens (tertiary/aromatic N) is 1. The van der Waals surface area contributed by atoms with Gasteiger partial charge in [-0.05, 0) is 36.5 Å². The van der Waals surface area contributed by atoms with E-state index < -0.39 is 8.32 Å². The summed E-state index contributed by atoms with van der Waals surface area (Å²) in [5, 5.41) is 0.176. The summed E-state index contributed by atoms with van der Waals surface area (Å²) in [4.78, 5) is 15.4. The van der Waals surface area contributed by atoms with Gasteiger partial charge in [0, 0.05) is 12.0 Å². The van der Waals surface area contributed by atoms with Gasteiger partial charge >= 0.3 is 0 Å². The van der Waals surface area contributed by atoms with Crippen LogP contribution in [0.5, 0.6) is 0 Å². The molecule has 1 aliphatic rings. The van der Waals surface area contributed by atoms with E-state index in [-0.39, 0.29) is 28.5 Å². The number of hydrogen-bond acceptors (Lipinski definition) is 2. The summed E-state index contributed by atoms with van der Waals surface area (Å²) in [5.74, 6) is 0.246. The first-order valence-electron chi connectivity index (χ1n) is 9.93. The molecular formula is C22H37NO2Si. The zero-order valence-corrected chi connectivity index (χ0v) is 18.9. The van der Waals surface area contributed by atoms with Crippen LogP contribution in [0.2, 0.25) is 18.1 Å². The Morgan fingerprint density at radius 1 is 1.15 bits per heavy atom. The van der Waals surface area contributed by atoms with Gasteiger partial charge in [0.15, 0.2) is 8.32 Å². The molecule has 0 N–H and O–H groups in total. The van der Waals surface area contributed by atoms with E-state index in [2.05, 4.69) is 83.8 Å². The summed E-state index contributed by atoms with van der Waals surface area (Å²) in [7, 11) is -1.86. The Balaban J connectivity index is 2.28. The Kier molecular flexibility index (Phi) is 6.08. The van der Waals surface area contributed by atoms with E-state index in [0.29, 0.717) is 6.54 Å². The number of likely N-dealkylation sites (tertiary alicyclic amines) is 1. The summed E-state index contributed by atoms with van der Waals surface area (Å²) in [6.07, 6.45) is 1.86. The lowest BCUT2D eigenvalue weighted by atomic mass is 9.88. The van der Waals surface area contributed by atoms with Crippen LogP contribution in [0, 0.1) is 5.41 Å². The third-order valence-electron chi connectivity index (χ3n) is 6.44. The van der Waals surface area contributed by atoms with Crippen molar-refractivity contribution in [2.75, 3.05) is 6.54 Å². The average molecular weight is 376 g/mol. The third-order valence-corrected chi connectivity index (χ3v) is 11.0. The lowest BCUT2D eigenvalue weighted by Crippen LogP contribution is -2.45. The lowest BCUT2D eigenvalue weighted by molar-refractivity contribution is -0.141. The van der Waals surface area contributed by atoms with Crippen molar-refractivity contribution < 1.29 is 9.22 Å². The van der Waals surface area contributed by atoms with Crippen LogP contribution in [0.25, 0.3) is 0 Å². The molecule has 0 saturated carbocycles. The molecule has 0 spiro atoms. The molecule has 4 heteroatoms. The summed E-state index contributed by atoms with van der Waals surface area (Å²) < 4.78 is 6.69. The van der Waals surface area contributed by atoms with Crippen molar-refractivity contribution in [1.29, 1.82) is 0 Å². The third kappa shape index (κ3) is 4.40. The maximum Gasteiger partial charge on any atom is 0.228 e. The van der Waals surface area contributed by atoms with Gasteiger partial charge in [-0.2, -0.15) is 0 Å². The van der Waals surface area contributed by atoms with Gasteiger partial charge in [0.25, 0.3) is 0 Å². The van der Waals surface area contributed by atoms with Crippen LogP contribution in [-0.2, 0) is 9.22 Å². The van der Waals surface area contributed by atoms with E-state index in [1.165, 1.54) is 5.56 Å². The monoisotopic (exact) mass is 375 g/mol. The highest BCUT2D eigenvalue weighted by atomic mass is 28.4. The molecule has 0 aromatic heterocycles. The Morgan fingerprint density at radius 2 is 1.73 bits per heavy atom. The number of rotatable bonds is 5. The first kappa shape index (κ1) is 21.2. The molecule has 1 fully saturated rings. The van der Waals surface area contributed by atoms with E-state index in [4.69, 9.17) is 4.43 Å². The predicted molar refractivity (Wildman–Crippen MR) is 112 cm³/mol. The van der Waals surface area contributed by atoms with Crippen molar-refractivity contribution in [1.82, 2.24) is 4.90 Å². The van der Waals surface area contributed by atoms with Crippen molar-refractivity contribution in [3.8, 4) is 0 Å². The van der Waals surface area contributed by atoms with E-state index in [1.54, 1.807) is 0 Å². The Hall–Kier alpha value is -1.13. The van der Waals surface area contributed by atoms with Crippen LogP contribution in [0.15, 0.2) is 30.3 Å². The van der Waals surface area contributed by atoms with E-state index in [9.17, 15) is 4.79 Å². The molecule has 1 amide bonds. The highest BCUT2D eigenvalue weighted by Crippen LogP contribution is 2.42. The minimum Gasteiger partial charge on any atom is -0.412 e. The van der Waals surface area contributed by atoms with E-state index in [0.717, 1.165) is 12.8 Å². The number of carbonyl (C=O) groups is 1. The molecule has 0 bridgehead atoms. The maximum atomic E-state index is 13.3.